The lowest BCUT2D eigenvalue weighted by Crippen LogP contribution is -2.10. The number of benzene rings is 2. The molecule has 1 unspecified atom stereocenters. The van der Waals surface area contributed by atoms with Crippen LogP contribution in [0.15, 0.2) is 66.7 Å². The molecule has 3 nitrogen and oxygen atoms in total. The third-order valence-corrected chi connectivity index (χ3v) is 3.33. The summed E-state index contributed by atoms with van der Waals surface area (Å²) >= 11 is 0. The van der Waals surface area contributed by atoms with Crippen molar-refractivity contribution in [2.75, 3.05) is 11.9 Å². The molecule has 0 heterocycles. The van der Waals surface area contributed by atoms with Crippen LogP contribution in [0.4, 0.5) is 5.69 Å². The normalized spacial score (nSPS) is 12.1. The predicted molar refractivity (Wildman–Crippen MR) is 89.8 cm³/mol. The Kier molecular flexibility index (Phi) is 5.78. The molecule has 0 aliphatic rings. The van der Waals surface area contributed by atoms with Crippen LogP contribution in [0.25, 0.3) is 0 Å². The largest absolute Gasteiger partial charge is 0.463 e. The van der Waals surface area contributed by atoms with E-state index in [1.165, 1.54) is 11.6 Å². The molecule has 1 N–H and O–H groups in total. The van der Waals surface area contributed by atoms with E-state index in [0.29, 0.717) is 6.61 Å². The average Bonchev–Trinajstić information content (AvgIpc) is 2.53. The van der Waals surface area contributed by atoms with Gasteiger partial charge in [-0.05, 0) is 37.1 Å². The summed E-state index contributed by atoms with van der Waals surface area (Å²) in [5.41, 5.74) is 3.31. The minimum atomic E-state index is -0.323. The van der Waals surface area contributed by atoms with Gasteiger partial charge in [-0.15, -0.1) is 0 Å². The van der Waals surface area contributed by atoms with Crippen molar-refractivity contribution < 1.29 is 9.53 Å². The molecule has 0 radical (unpaired) electrons. The van der Waals surface area contributed by atoms with E-state index in [4.69, 9.17) is 4.74 Å². The second kappa shape index (κ2) is 8.03. The number of hydrogen-bond donors (Lipinski definition) is 1. The van der Waals surface area contributed by atoms with Gasteiger partial charge in [-0.2, -0.15) is 0 Å². The van der Waals surface area contributed by atoms with Crippen LogP contribution in [0.3, 0.4) is 0 Å². The van der Waals surface area contributed by atoms with Crippen molar-refractivity contribution in [1.82, 2.24) is 0 Å². The summed E-state index contributed by atoms with van der Waals surface area (Å²) in [7, 11) is 0. The van der Waals surface area contributed by atoms with Crippen LogP contribution in [0, 0.1) is 6.92 Å². The highest BCUT2D eigenvalue weighted by atomic mass is 16.5. The Hall–Kier alpha value is -2.55. The summed E-state index contributed by atoms with van der Waals surface area (Å²) in [5.74, 6) is -0.323. The van der Waals surface area contributed by atoms with Gasteiger partial charge in [0.25, 0.3) is 0 Å². The number of aryl methyl sites for hydroxylation is 1. The number of rotatable bonds is 6. The molecule has 3 heteroatoms. The van der Waals surface area contributed by atoms with E-state index in [-0.39, 0.29) is 12.0 Å². The van der Waals surface area contributed by atoms with E-state index in [0.717, 1.165) is 11.3 Å². The summed E-state index contributed by atoms with van der Waals surface area (Å²) in [6.07, 6.45) is 3.32. The van der Waals surface area contributed by atoms with Crippen LogP contribution in [0.1, 0.15) is 24.1 Å². The van der Waals surface area contributed by atoms with E-state index in [1.807, 2.05) is 48.5 Å². The van der Waals surface area contributed by atoms with Gasteiger partial charge < -0.3 is 10.1 Å². The number of carbonyl (C=O) groups is 1. The van der Waals surface area contributed by atoms with Crippen molar-refractivity contribution >= 4 is 11.7 Å². The van der Waals surface area contributed by atoms with Gasteiger partial charge in [-0.1, -0.05) is 48.5 Å². The molecule has 114 valence electrons. The highest BCUT2D eigenvalue weighted by Crippen LogP contribution is 2.23. The standard InChI is InChI=1S/C19H21NO2/c1-3-22-19(21)14-13-18(17-12-8-7-9-15(17)2)20-16-10-5-4-6-11-16/h4-14,18,20H,3H2,1-2H3/b14-13+. The maximum absolute atomic E-state index is 11.6. The van der Waals surface area contributed by atoms with E-state index < -0.39 is 0 Å². The summed E-state index contributed by atoms with van der Waals surface area (Å²) in [6.45, 7) is 4.24. The number of ether oxygens (including phenoxy) is 1. The van der Waals surface area contributed by atoms with Gasteiger partial charge in [0.2, 0.25) is 0 Å². The minimum Gasteiger partial charge on any atom is -0.463 e. The first kappa shape index (κ1) is 15.8. The molecule has 0 aromatic heterocycles. The van der Waals surface area contributed by atoms with E-state index in [1.54, 1.807) is 6.92 Å². The molecular weight excluding hydrogens is 274 g/mol. The molecule has 0 saturated heterocycles. The van der Waals surface area contributed by atoms with E-state index in [9.17, 15) is 4.79 Å². The zero-order chi connectivity index (χ0) is 15.8. The molecular formula is C19H21NO2. The number of para-hydroxylation sites is 1. The van der Waals surface area contributed by atoms with Crippen molar-refractivity contribution in [2.45, 2.75) is 19.9 Å². The van der Waals surface area contributed by atoms with Crippen LogP contribution < -0.4 is 5.32 Å². The fourth-order valence-corrected chi connectivity index (χ4v) is 2.24. The molecule has 0 fully saturated rings. The number of hydrogen-bond acceptors (Lipinski definition) is 3. The molecule has 2 aromatic carbocycles. The number of esters is 1. The average molecular weight is 295 g/mol. The second-order valence-electron chi connectivity index (χ2n) is 4.96. The number of nitrogens with one attached hydrogen (secondary N) is 1. The molecule has 0 aliphatic carbocycles. The lowest BCUT2D eigenvalue weighted by Gasteiger charge is -2.19. The molecule has 0 spiro atoms. The third kappa shape index (κ3) is 4.48. The monoisotopic (exact) mass is 295 g/mol. The number of anilines is 1. The summed E-state index contributed by atoms with van der Waals surface area (Å²) in [5, 5.41) is 3.44. The van der Waals surface area contributed by atoms with Crippen LogP contribution >= 0.6 is 0 Å². The van der Waals surface area contributed by atoms with Crippen molar-refractivity contribution in [1.29, 1.82) is 0 Å². The van der Waals surface area contributed by atoms with Gasteiger partial charge in [0.05, 0.1) is 12.6 Å². The topological polar surface area (TPSA) is 38.3 Å². The molecule has 2 rings (SSSR count). The highest BCUT2D eigenvalue weighted by molar-refractivity contribution is 5.82. The van der Waals surface area contributed by atoms with Crippen LogP contribution in [0.5, 0.6) is 0 Å². The van der Waals surface area contributed by atoms with Crippen molar-refractivity contribution in [3.8, 4) is 0 Å². The zero-order valence-electron chi connectivity index (χ0n) is 13.0. The molecule has 1 atom stereocenters. The summed E-state index contributed by atoms with van der Waals surface area (Å²) < 4.78 is 4.96. The maximum Gasteiger partial charge on any atom is 0.330 e. The van der Waals surface area contributed by atoms with E-state index >= 15 is 0 Å². The zero-order valence-corrected chi connectivity index (χ0v) is 13.0. The van der Waals surface area contributed by atoms with Crippen LogP contribution in [-0.4, -0.2) is 12.6 Å². The SMILES string of the molecule is CCOC(=O)/C=C/C(Nc1ccccc1)c1ccccc1C. The lowest BCUT2D eigenvalue weighted by atomic mass is 10.0. The van der Waals surface area contributed by atoms with Crippen molar-refractivity contribution in [2.24, 2.45) is 0 Å². The Bertz CT molecular complexity index is 635. The fraction of sp³-hybridized carbons (Fsp3) is 0.211. The molecule has 2 aromatic rings. The van der Waals surface area contributed by atoms with Gasteiger partial charge in [-0.3, -0.25) is 0 Å². The molecule has 0 bridgehead atoms. The molecule has 0 amide bonds. The minimum absolute atomic E-state index is 0.0898. The maximum atomic E-state index is 11.6. The molecule has 22 heavy (non-hydrogen) atoms. The first-order chi connectivity index (χ1) is 10.7. The van der Waals surface area contributed by atoms with Gasteiger partial charge in [0, 0.05) is 11.8 Å². The summed E-state index contributed by atoms with van der Waals surface area (Å²) in [6, 6.07) is 18.0. The van der Waals surface area contributed by atoms with E-state index in [2.05, 4.69) is 24.4 Å². The predicted octanol–water partition coefficient (Wildman–Crippen LogP) is 4.27. The second-order valence-corrected chi connectivity index (χ2v) is 4.96. The fourth-order valence-electron chi connectivity index (χ4n) is 2.24. The summed E-state index contributed by atoms with van der Waals surface area (Å²) in [4.78, 5) is 11.6. The van der Waals surface area contributed by atoms with Gasteiger partial charge in [0.15, 0.2) is 0 Å². The van der Waals surface area contributed by atoms with Crippen molar-refractivity contribution in [3.63, 3.8) is 0 Å². The smallest absolute Gasteiger partial charge is 0.330 e. The van der Waals surface area contributed by atoms with Gasteiger partial charge in [0.1, 0.15) is 0 Å². The quantitative estimate of drug-likeness (QED) is 0.639. The van der Waals surface area contributed by atoms with Crippen LogP contribution in [0.2, 0.25) is 0 Å². The van der Waals surface area contributed by atoms with Gasteiger partial charge >= 0.3 is 5.97 Å². The number of carbonyl (C=O) groups excluding carboxylic acids is 1. The Morgan fingerprint density at radius 3 is 2.50 bits per heavy atom. The third-order valence-electron chi connectivity index (χ3n) is 3.33. The first-order valence-corrected chi connectivity index (χ1v) is 7.42. The Morgan fingerprint density at radius 2 is 1.82 bits per heavy atom. The van der Waals surface area contributed by atoms with Gasteiger partial charge in [-0.25, -0.2) is 4.79 Å². The highest BCUT2D eigenvalue weighted by Gasteiger charge is 2.11. The molecule has 0 saturated carbocycles. The van der Waals surface area contributed by atoms with Crippen molar-refractivity contribution in [3.05, 3.63) is 77.9 Å². The lowest BCUT2D eigenvalue weighted by molar-refractivity contribution is -0.137. The first-order valence-electron chi connectivity index (χ1n) is 7.42. The Balaban J connectivity index is 2.25. The Morgan fingerprint density at radius 1 is 1.14 bits per heavy atom. The molecule has 0 aliphatic heterocycles. The van der Waals surface area contributed by atoms with Crippen LogP contribution in [-0.2, 0) is 9.53 Å². The Labute approximate surface area is 131 Å².